The molecule has 20 heavy (non-hydrogen) atoms. The molecule has 0 radical (unpaired) electrons. The fourth-order valence-corrected chi connectivity index (χ4v) is 2.05. The van der Waals surface area contributed by atoms with Gasteiger partial charge >= 0.3 is 0 Å². The highest BCUT2D eigenvalue weighted by atomic mass is 16.1. The van der Waals surface area contributed by atoms with Crippen molar-refractivity contribution in [2.45, 2.75) is 12.8 Å². The van der Waals surface area contributed by atoms with Crippen LogP contribution in [0.15, 0.2) is 48.5 Å². The number of benzene rings is 2. The first-order valence-electron chi connectivity index (χ1n) is 6.63. The number of aryl methyl sites for hydroxylation is 1. The lowest BCUT2D eigenvalue weighted by atomic mass is 10.1. The van der Waals surface area contributed by atoms with Crippen molar-refractivity contribution in [2.75, 3.05) is 18.0 Å². The molecule has 0 aromatic heterocycles. The van der Waals surface area contributed by atoms with E-state index in [9.17, 15) is 4.79 Å². The number of rotatable bonds is 5. The molecule has 0 aliphatic heterocycles. The van der Waals surface area contributed by atoms with Crippen molar-refractivity contribution in [3.05, 3.63) is 59.7 Å². The van der Waals surface area contributed by atoms with Crippen LogP contribution in [0.25, 0.3) is 0 Å². The lowest BCUT2D eigenvalue weighted by Gasteiger charge is -2.07. The van der Waals surface area contributed by atoms with Crippen LogP contribution in [0, 0.1) is 0 Å². The molecule has 0 aliphatic rings. The Labute approximate surface area is 118 Å². The van der Waals surface area contributed by atoms with Crippen LogP contribution in [0.2, 0.25) is 0 Å². The third kappa shape index (κ3) is 4.02. The van der Waals surface area contributed by atoms with E-state index in [-0.39, 0.29) is 5.91 Å². The Morgan fingerprint density at radius 1 is 1.00 bits per heavy atom. The molecule has 4 nitrogen and oxygen atoms in total. The minimum absolute atomic E-state index is 0.142. The summed E-state index contributed by atoms with van der Waals surface area (Å²) >= 11 is 0. The summed E-state index contributed by atoms with van der Waals surface area (Å²) in [5.41, 5.74) is 14.1. The Morgan fingerprint density at radius 2 is 1.65 bits per heavy atom. The van der Waals surface area contributed by atoms with Crippen LogP contribution in [0.1, 0.15) is 22.3 Å². The van der Waals surface area contributed by atoms with Crippen LogP contribution in [-0.2, 0) is 6.42 Å². The van der Waals surface area contributed by atoms with Gasteiger partial charge in [-0.25, -0.2) is 0 Å². The standard InChI is InChI=1S/C16H19N3O/c17-14-9-13(10-15(18)11-14)16(20)19-8-4-7-12-5-2-1-3-6-12/h1-3,5-6,9-11H,4,7-8,17-18H2,(H,19,20). The molecule has 0 heterocycles. The third-order valence-corrected chi connectivity index (χ3v) is 3.01. The predicted octanol–water partition coefficient (Wildman–Crippen LogP) is 2.21. The van der Waals surface area contributed by atoms with Crippen LogP contribution in [0.4, 0.5) is 11.4 Å². The zero-order valence-electron chi connectivity index (χ0n) is 11.3. The average Bonchev–Trinajstić information content (AvgIpc) is 2.43. The number of carbonyl (C=O) groups is 1. The molecule has 2 aromatic carbocycles. The quantitative estimate of drug-likeness (QED) is 0.575. The molecule has 0 saturated heterocycles. The zero-order valence-corrected chi connectivity index (χ0v) is 11.3. The largest absolute Gasteiger partial charge is 0.399 e. The van der Waals surface area contributed by atoms with Gasteiger partial charge in [-0.05, 0) is 36.6 Å². The van der Waals surface area contributed by atoms with E-state index in [0.29, 0.717) is 23.5 Å². The number of hydrogen-bond acceptors (Lipinski definition) is 3. The first-order valence-corrected chi connectivity index (χ1v) is 6.63. The fourth-order valence-electron chi connectivity index (χ4n) is 2.05. The Morgan fingerprint density at radius 3 is 2.30 bits per heavy atom. The SMILES string of the molecule is Nc1cc(N)cc(C(=O)NCCCc2ccccc2)c1. The molecule has 0 atom stereocenters. The van der Waals surface area contributed by atoms with Crippen LogP contribution >= 0.6 is 0 Å². The summed E-state index contributed by atoms with van der Waals surface area (Å²) in [6.07, 6.45) is 1.84. The molecule has 104 valence electrons. The molecular formula is C16H19N3O. The van der Waals surface area contributed by atoms with Gasteiger partial charge in [-0.3, -0.25) is 4.79 Å². The number of anilines is 2. The summed E-state index contributed by atoms with van der Waals surface area (Å²) < 4.78 is 0. The normalized spacial score (nSPS) is 10.2. The van der Waals surface area contributed by atoms with Gasteiger partial charge in [0.15, 0.2) is 0 Å². The Hall–Kier alpha value is -2.49. The van der Waals surface area contributed by atoms with Crippen molar-refractivity contribution in [1.29, 1.82) is 0 Å². The molecule has 1 amide bonds. The van der Waals surface area contributed by atoms with E-state index in [2.05, 4.69) is 17.4 Å². The van der Waals surface area contributed by atoms with Crippen LogP contribution in [0.3, 0.4) is 0 Å². The molecule has 4 heteroatoms. The first kappa shape index (κ1) is 13.9. The Bertz CT molecular complexity index is 561. The Balaban J connectivity index is 1.80. The van der Waals surface area contributed by atoms with E-state index in [1.165, 1.54) is 5.56 Å². The average molecular weight is 269 g/mol. The van der Waals surface area contributed by atoms with Crippen LogP contribution in [0.5, 0.6) is 0 Å². The molecule has 2 aromatic rings. The fraction of sp³-hybridized carbons (Fsp3) is 0.188. The van der Waals surface area contributed by atoms with E-state index >= 15 is 0 Å². The van der Waals surface area contributed by atoms with E-state index in [1.54, 1.807) is 18.2 Å². The van der Waals surface area contributed by atoms with Crippen LogP contribution < -0.4 is 16.8 Å². The molecule has 0 unspecified atom stereocenters. The van der Waals surface area contributed by atoms with Crippen molar-refractivity contribution < 1.29 is 4.79 Å². The number of amides is 1. The van der Waals surface area contributed by atoms with Gasteiger partial charge in [0.2, 0.25) is 0 Å². The van der Waals surface area contributed by atoms with Crippen molar-refractivity contribution in [3.8, 4) is 0 Å². The first-order chi connectivity index (χ1) is 9.65. The minimum Gasteiger partial charge on any atom is -0.399 e. The molecule has 2 rings (SSSR count). The van der Waals surface area contributed by atoms with Crippen molar-refractivity contribution in [1.82, 2.24) is 5.32 Å². The molecule has 0 saturated carbocycles. The highest BCUT2D eigenvalue weighted by molar-refractivity contribution is 5.96. The van der Waals surface area contributed by atoms with Gasteiger partial charge in [-0.1, -0.05) is 30.3 Å². The van der Waals surface area contributed by atoms with Gasteiger partial charge in [-0.15, -0.1) is 0 Å². The van der Waals surface area contributed by atoms with Gasteiger partial charge in [0.25, 0.3) is 5.91 Å². The second-order valence-electron chi connectivity index (χ2n) is 4.73. The van der Waals surface area contributed by atoms with E-state index < -0.39 is 0 Å². The minimum atomic E-state index is -0.142. The highest BCUT2D eigenvalue weighted by Crippen LogP contribution is 2.13. The molecule has 0 aliphatic carbocycles. The summed E-state index contributed by atoms with van der Waals surface area (Å²) in [6, 6.07) is 15.1. The maximum atomic E-state index is 11.9. The lowest BCUT2D eigenvalue weighted by molar-refractivity contribution is 0.0953. The van der Waals surface area contributed by atoms with Gasteiger partial charge < -0.3 is 16.8 Å². The molecule has 0 spiro atoms. The highest BCUT2D eigenvalue weighted by Gasteiger charge is 2.06. The van der Waals surface area contributed by atoms with Gasteiger partial charge in [0.05, 0.1) is 0 Å². The van der Waals surface area contributed by atoms with Gasteiger partial charge in [-0.2, -0.15) is 0 Å². The molecule has 0 fully saturated rings. The van der Waals surface area contributed by atoms with E-state index in [1.807, 2.05) is 18.2 Å². The van der Waals surface area contributed by atoms with Gasteiger partial charge in [0.1, 0.15) is 0 Å². The maximum Gasteiger partial charge on any atom is 0.251 e. The summed E-state index contributed by atoms with van der Waals surface area (Å²) in [4.78, 5) is 11.9. The molecular weight excluding hydrogens is 250 g/mol. The second-order valence-corrected chi connectivity index (χ2v) is 4.73. The predicted molar refractivity (Wildman–Crippen MR) is 82.4 cm³/mol. The monoisotopic (exact) mass is 269 g/mol. The lowest BCUT2D eigenvalue weighted by Crippen LogP contribution is -2.25. The topological polar surface area (TPSA) is 81.1 Å². The number of nitrogens with one attached hydrogen (secondary N) is 1. The third-order valence-electron chi connectivity index (χ3n) is 3.01. The summed E-state index contributed by atoms with van der Waals surface area (Å²) in [5.74, 6) is -0.142. The Kier molecular flexibility index (Phi) is 4.60. The van der Waals surface area contributed by atoms with E-state index in [4.69, 9.17) is 11.5 Å². The zero-order chi connectivity index (χ0) is 14.4. The number of carbonyl (C=O) groups excluding carboxylic acids is 1. The van der Waals surface area contributed by atoms with Crippen molar-refractivity contribution >= 4 is 17.3 Å². The summed E-state index contributed by atoms with van der Waals surface area (Å²) in [6.45, 7) is 0.627. The summed E-state index contributed by atoms with van der Waals surface area (Å²) in [5, 5.41) is 2.87. The van der Waals surface area contributed by atoms with Crippen LogP contribution in [-0.4, -0.2) is 12.5 Å². The molecule has 5 N–H and O–H groups in total. The number of nitrogens with two attached hydrogens (primary N) is 2. The smallest absolute Gasteiger partial charge is 0.251 e. The van der Waals surface area contributed by atoms with Crippen molar-refractivity contribution in [3.63, 3.8) is 0 Å². The van der Waals surface area contributed by atoms with E-state index in [0.717, 1.165) is 12.8 Å². The molecule has 0 bridgehead atoms. The number of hydrogen-bond donors (Lipinski definition) is 3. The van der Waals surface area contributed by atoms with Crippen molar-refractivity contribution in [2.24, 2.45) is 0 Å². The second kappa shape index (κ2) is 6.61. The maximum absolute atomic E-state index is 11.9. The van der Waals surface area contributed by atoms with Gasteiger partial charge in [0, 0.05) is 23.5 Å². The summed E-state index contributed by atoms with van der Waals surface area (Å²) in [7, 11) is 0. The number of nitrogen functional groups attached to an aromatic ring is 2.